The van der Waals surface area contributed by atoms with Crippen molar-refractivity contribution in [2.45, 2.75) is 23.3 Å². The van der Waals surface area contributed by atoms with Crippen LogP contribution in [0.25, 0.3) is 0 Å². The number of rotatable bonds is 5. The molecule has 1 saturated heterocycles. The Hall–Kier alpha value is -1.44. The minimum Gasteiger partial charge on any atom is -0.282 e. The van der Waals surface area contributed by atoms with Gasteiger partial charge in [-0.05, 0) is 36.6 Å². The Labute approximate surface area is 175 Å². The van der Waals surface area contributed by atoms with Crippen molar-refractivity contribution in [3.8, 4) is 0 Å². The molecule has 4 rings (SSSR count). The van der Waals surface area contributed by atoms with Crippen molar-refractivity contribution in [2.24, 2.45) is 0 Å². The van der Waals surface area contributed by atoms with E-state index in [1.807, 2.05) is 18.2 Å². The van der Waals surface area contributed by atoms with E-state index in [2.05, 4.69) is 17.0 Å². The number of halogens is 2. The third kappa shape index (κ3) is 3.17. The highest BCUT2D eigenvalue weighted by Gasteiger charge is 2.54. The third-order valence-electron chi connectivity index (χ3n) is 5.94. The van der Waals surface area contributed by atoms with Crippen molar-refractivity contribution < 1.29 is 17.1 Å². The molecule has 2 fully saturated rings. The molecule has 0 radical (unpaired) electrons. The first-order valence-corrected chi connectivity index (χ1v) is 11.4. The van der Waals surface area contributed by atoms with Gasteiger partial charge in [-0.15, -0.1) is 0 Å². The first kappa shape index (κ1) is 19.9. The van der Waals surface area contributed by atoms with Gasteiger partial charge in [-0.1, -0.05) is 53.5 Å². The number of carbonyl (C=O) groups is 1. The number of sulfonamides is 1. The van der Waals surface area contributed by atoms with E-state index in [0.29, 0.717) is 19.5 Å². The summed E-state index contributed by atoms with van der Waals surface area (Å²) >= 11 is 12.0. The van der Waals surface area contributed by atoms with Crippen LogP contribution < -0.4 is 0 Å². The van der Waals surface area contributed by atoms with Crippen LogP contribution in [0.4, 0.5) is 0 Å². The summed E-state index contributed by atoms with van der Waals surface area (Å²) in [5.41, 5.74) is 1.23. The zero-order valence-electron chi connectivity index (χ0n) is 15.2. The average Bonchev–Trinajstić information content (AvgIpc) is 3.50. The summed E-state index contributed by atoms with van der Waals surface area (Å²) in [6, 6.07) is 14.5. The van der Waals surface area contributed by atoms with Gasteiger partial charge in [-0.25, -0.2) is 4.79 Å². The zero-order chi connectivity index (χ0) is 20.0. The van der Waals surface area contributed by atoms with E-state index in [-0.39, 0.29) is 33.6 Å². The third-order valence-corrected chi connectivity index (χ3v) is 8.62. The number of benzene rings is 2. The van der Waals surface area contributed by atoms with Crippen molar-refractivity contribution in [3.05, 3.63) is 64.1 Å². The molecule has 148 valence electrons. The quantitative estimate of drug-likeness (QED) is 0.526. The SMILES string of the molecule is O=C[N+]1(S(=O)(=O)c2cc(Cl)cc(Cl)c2)CCN(C2(c3ccccc3)CC2)CC1. The lowest BCUT2D eigenvalue weighted by molar-refractivity contribution is -0.725. The van der Waals surface area contributed by atoms with Gasteiger partial charge in [0.15, 0.2) is 0 Å². The molecule has 5 nitrogen and oxygen atoms in total. The number of hydrogen-bond acceptors (Lipinski definition) is 4. The number of nitrogens with zero attached hydrogens (tertiary/aromatic N) is 2. The van der Waals surface area contributed by atoms with E-state index in [9.17, 15) is 13.2 Å². The van der Waals surface area contributed by atoms with E-state index in [0.717, 1.165) is 12.8 Å². The summed E-state index contributed by atoms with van der Waals surface area (Å²) in [4.78, 5) is 14.3. The fourth-order valence-corrected chi connectivity index (χ4v) is 6.56. The first-order valence-electron chi connectivity index (χ1n) is 9.18. The van der Waals surface area contributed by atoms with Crippen LogP contribution >= 0.6 is 23.2 Å². The highest BCUT2D eigenvalue weighted by Crippen LogP contribution is 2.51. The summed E-state index contributed by atoms with van der Waals surface area (Å²) in [6.07, 6.45) is 2.65. The van der Waals surface area contributed by atoms with Crippen LogP contribution in [0.15, 0.2) is 53.4 Å². The highest BCUT2D eigenvalue weighted by atomic mass is 35.5. The monoisotopic (exact) mass is 439 g/mol. The van der Waals surface area contributed by atoms with Crippen LogP contribution in [-0.2, 0) is 20.4 Å². The van der Waals surface area contributed by atoms with Crippen LogP contribution in [0.3, 0.4) is 0 Å². The number of piperazine rings is 1. The topological polar surface area (TPSA) is 54.5 Å². The van der Waals surface area contributed by atoms with Gasteiger partial charge in [0.25, 0.3) is 0 Å². The molecular formula is C20H21Cl2N2O3S+. The van der Waals surface area contributed by atoms with Gasteiger partial charge in [0.1, 0.15) is 18.0 Å². The number of carbonyl (C=O) groups excluding carboxylic acids is 1. The predicted octanol–water partition coefficient (Wildman–Crippen LogP) is 3.66. The normalized spacial score (nSPS) is 21.2. The van der Waals surface area contributed by atoms with Gasteiger partial charge in [0, 0.05) is 15.6 Å². The van der Waals surface area contributed by atoms with E-state index in [1.165, 1.54) is 23.8 Å². The van der Waals surface area contributed by atoms with Crippen molar-refractivity contribution in [1.82, 2.24) is 4.90 Å². The van der Waals surface area contributed by atoms with Crippen LogP contribution in [0.2, 0.25) is 10.0 Å². The van der Waals surface area contributed by atoms with Gasteiger partial charge in [-0.3, -0.25) is 4.90 Å². The standard InChI is InChI=1S/C20H21Cl2N2O3S/c21-17-12-18(22)14-19(13-17)28(26,27)24(15-25)10-8-23(9-11-24)20(6-7-20)16-4-2-1-3-5-16/h1-5,12-15H,6-11H2/q+1. The molecule has 2 aromatic rings. The molecule has 28 heavy (non-hydrogen) atoms. The maximum absolute atomic E-state index is 13.3. The van der Waals surface area contributed by atoms with Crippen LogP contribution in [-0.4, -0.2) is 49.8 Å². The summed E-state index contributed by atoms with van der Waals surface area (Å²) in [6.45, 7) is 1.46. The molecule has 1 saturated carbocycles. The molecule has 0 N–H and O–H groups in total. The molecule has 0 spiro atoms. The van der Waals surface area contributed by atoms with E-state index in [4.69, 9.17) is 23.2 Å². The fraction of sp³-hybridized carbons (Fsp3) is 0.350. The Morgan fingerprint density at radius 1 is 0.964 bits per heavy atom. The molecule has 2 aromatic carbocycles. The minimum absolute atomic E-state index is 0.0188. The molecule has 0 aromatic heterocycles. The molecule has 0 bridgehead atoms. The van der Waals surface area contributed by atoms with Crippen molar-refractivity contribution in [2.75, 3.05) is 26.2 Å². The fourth-order valence-electron chi connectivity index (χ4n) is 4.18. The van der Waals surface area contributed by atoms with Crippen molar-refractivity contribution in [3.63, 3.8) is 0 Å². The average molecular weight is 440 g/mol. The Morgan fingerprint density at radius 2 is 1.54 bits per heavy atom. The highest BCUT2D eigenvalue weighted by molar-refractivity contribution is 7.86. The van der Waals surface area contributed by atoms with Crippen molar-refractivity contribution >= 4 is 39.6 Å². The maximum atomic E-state index is 13.3. The Morgan fingerprint density at radius 3 is 2.04 bits per heavy atom. The second-order valence-corrected chi connectivity index (χ2v) is 10.5. The van der Waals surface area contributed by atoms with E-state index in [1.54, 1.807) is 0 Å². The van der Waals surface area contributed by atoms with Crippen LogP contribution in [0.1, 0.15) is 18.4 Å². The summed E-state index contributed by atoms with van der Waals surface area (Å²) < 4.78 is 25.9. The minimum atomic E-state index is -3.96. The predicted molar refractivity (Wildman–Crippen MR) is 109 cm³/mol. The van der Waals surface area contributed by atoms with E-state index < -0.39 is 13.9 Å². The Bertz CT molecular complexity index is 979. The molecular weight excluding hydrogens is 419 g/mol. The largest absolute Gasteiger partial charge is 0.334 e. The lowest BCUT2D eigenvalue weighted by Gasteiger charge is -2.42. The zero-order valence-corrected chi connectivity index (χ0v) is 17.6. The Kier molecular flexibility index (Phi) is 5.04. The van der Waals surface area contributed by atoms with Gasteiger partial charge >= 0.3 is 16.4 Å². The van der Waals surface area contributed by atoms with Crippen molar-refractivity contribution in [1.29, 1.82) is 0 Å². The molecule has 8 heteroatoms. The summed E-state index contributed by atoms with van der Waals surface area (Å²) in [7, 11) is -3.96. The molecule has 0 atom stereocenters. The molecule has 1 heterocycles. The number of quaternary nitrogens is 1. The van der Waals surface area contributed by atoms with E-state index >= 15 is 0 Å². The molecule has 1 aliphatic carbocycles. The smallest absolute Gasteiger partial charge is 0.282 e. The summed E-state index contributed by atoms with van der Waals surface area (Å²) in [5, 5.41) is 0.463. The van der Waals surface area contributed by atoms with Crippen LogP contribution in [0, 0.1) is 0 Å². The second kappa shape index (κ2) is 7.11. The van der Waals surface area contributed by atoms with Gasteiger partial charge < -0.3 is 0 Å². The van der Waals surface area contributed by atoms with Gasteiger partial charge in [0.05, 0.1) is 13.1 Å². The van der Waals surface area contributed by atoms with Gasteiger partial charge in [-0.2, -0.15) is 12.3 Å². The first-order chi connectivity index (χ1) is 13.3. The molecule has 2 aliphatic rings. The number of amides is 1. The molecule has 1 amide bonds. The second-order valence-electron chi connectivity index (χ2n) is 7.47. The molecule has 1 aliphatic heterocycles. The molecule has 0 unspecified atom stereocenters. The summed E-state index contributed by atoms with van der Waals surface area (Å²) in [5.74, 6) is 0. The Balaban J connectivity index is 1.60. The lowest BCUT2D eigenvalue weighted by Crippen LogP contribution is -2.62. The van der Waals surface area contributed by atoms with Gasteiger partial charge in [0.2, 0.25) is 0 Å². The number of hydrogen-bond donors (Lipinski definition) is 0. The lowest BCUT2D eigenvalue weighted by atomic mass is 10.0. The van der Waals surface area contributed by atoms with Crippen LogP contribution in [0.5, 0.6) is 0 Å². The maximum Gasteiger partial charge on any atom is 0.334 e.